The first-order valence-corrected chi connectivity index (χ1v) is 7.17. The summed E-state index contributed by atoms with van der Waals surface area (Å²) in [6.07, 6.45) is 0.0839. The number of carboxylic acids is 1. The lowest BCUT2D eigenvalue weighted by atomic mass is 10.2. The summed E-state index contributed by atoms with van der Waals surface area (Å²) in [4.78, 5) is 20.6. The van der Waals surface area contributed by atoms with Gasteiger partial charge in [-0.05, 0) is 25.0 Å². The highest BCUT2D eigenvalue weighted by atomic mass is 32.2. The van der Waals surface area contributed by atoms with Crippen molar-refractivity contribution in [3.05, 3.63) is 33.9 Å². The average Bonchev–Trinajstić information content (AvgIpc) is 2.35. The Bertz CT molecular complexity index is 640. The van der Waals surface area contributed by atoms with Crippen LogP contribution in [0.2, 0.25) is 0 Å². The molecular formula is C11H14N2O6S. The Balaban J connectivity index is 3.16. The van der Waals surface area contributed by atoms with Crippen molar-refractivity contribution >= 4 is 21.7 Å². The van der Waals surface area contributed by atoms with Crippen molar-refractivity contribution in [3.63, 3.8) is 0 Å². The largest absolute Gasteiger partial charge is 0.480 e. The molecule has 0 fully saturated rings. The van der Waals surface area contributed by atoms with Gasteiger partial charge < -0.3 is 5.11 Å². The zero-order chi connectivity index (χ0) is 15.5. The van der Waals surface area contributed by atoms with Gasteiger partial charge in [0.25, 0.3) is 5.69 Å². The number of carbonyl (C=O) groups is 1. The Labute approximate surface area is 115 Å². The first-order chi connectivity index (χ1) is 9.19. The monoisotopic (exact) mass is 302 g/mol. The number of non-ortho nitro benzene ring substituents is 1. The van der Waals surface area contributed by atoms with Gasteiger partial charge in [0, 0.05) is 12.1 Å². The van der Waals surface area contributed by atoms with Crippen molar-refractivity contribution in [2.45, 2.75) is 31.2 Å². The zero-order valence-electron chi connectivity index (χ0n) is 10.9. The molecule has 0 aromatic heterocycles. The van der Waals surface area contributed by atoms with Gasteiger partial charge in [0.1, 0.15) is 6.04 Å². The smallest absolute Gasteiger partial charge is 0.321 e. The summed E-state index contributed by atoms with van der Waals surface area (Å²) in [6, 6.07) is 2.03. The number of nitrogens with one attached hydrogen (secondary N) is 1. The van der Waals surface area contributed by atoms with Crippen LogP contribution in [0.15, 0.2) is 23.1 Å². The lowest BCUT2D eigenvalue weighted by molar-refractivity contribution is -0.385. The second kappa shape index (κ2) is 5.97. The fraction of sp³-hybridized carbons (Fsp3) is 0.364. The number of aliphatic carboxylic acids is 1. The van der Waals surface area contributed by atoms with Gasteiger partial charge in [-0.25, -0.2) is 8.42 Å². The molecule has 9 heteroatoms. The molecule has 0 aliphatic rings. The van der Waals surface area contributed by atoms with E-state index in [9.17, 15) is 23.3 Å². The van der Waals surface area contributed by atoms with Gasteiger partial charge >= 0.3 is 5.97 Å². The SMILES string of the molecule is CCC(NS(=O)(=O)c1ccc([N+](=O)[O-])cc1C)C(=O)O. The minimum absolute atomic E-state index is 0.0839. The van der Waals surface area contributed by atoms with Crippen LogP contribution < -0.4 is 4.72 Å². The summed E-state index contributed by atoms with van der Waals surface area (Å²) >= 11 is 0. The summed E-state index contributed by atoms with van der Waals surface area (Å²) < 4.78 is 26.2. The van der Waals surface area contributed by atoms with Crippen LogP contribution in [0.4, 0.5) is 5.69 Å². The number of carboxylic acid groups (broad SMARTS) is 1. The number of hydrogen-bond acceptors (Lipinski definition) is 5. The zero-order valence-corrected chi connectivity index (χ0v) is 11.7. The Kier molecular flexibility index (Phi) is 4.79. The van der Waals surface area contributed by atoms with Crippen molar-refractivity contribution in [1.82, 2.24) is 4.72 Å². The van der Waals surface area contributed by atoms with E-state index < -0.39 is 27.0 Å². The van der Waals surface area contributed by atoms with Crippen LogP contribution in [-0.4, -0.2) is 30.5 Å². The van der Waals surface area contributed by atoms with Gasteiger partial charge in [0.15, 0.2) is 0 Å². The molecule has 1 atom stereocenters. The second-order valence-corrected chi connectivity index (χ2v) is 5.81. The summed E-state index contributed by atoms with van der Waals surface area (Å²) in [6.45, 7) is 2.94. The molecule has 20 heavy (non-hydrogen) atoms. The third kappa shape index (κ3) is 3.52. The molecule has 0 saturated carbocycles. The number of rotatable bonds is 6. The molecular weight excluding hydrogens is 288 g/mol. The summed E-state index contributed by atoms with van der Waals surface area (Å²) in [5.41, 5.74) is -0.0568. The van der Waals surface area contributed by atoms with Gasteiger partial charge in [-0.1, -0.05) is 6.92 Å². The Morgan fingerprint density at radius 2 is 2.10 bits per heavy atom. The quantitative estimate of drug-likeness (QED) is 0.597. The molecule has 0 heterocycles. The number of hydrogen-bond donors (Lipinski definition) is 2. The molecule has 0 spiro atoms. The molecule has 8 nitrogen and oxygen atoms in total. The average molecular weight is 302 g/mol. The normalized spacial score (nSPS) is 12.9. The lowest BCUT2D eigenvalue weighted by Gasteiger charge is -2.14. The number of sulfonamides is 1. The standard InChI is InChI=1S/C11H14N2O6S/c1-3-9(11(14)15)12-20(18,19)10-5-4-8(13(16)17)6-7(10)2/h4-6,9,12H,3H2,1-2H3,(H,14,15). The molecule has 0 aliphatic heterocycles. The Morgan fingerprint density at radius 3 is 2.50 bits per heavy atom. The maximum Gasteiger partial charge on any atom is 0.321 e. The number of nitro benzene ring substituents is 1. The molecule has 1 aromatic carbocycles. The highest BCUT2D eigenvalue weighted by Crippen LogP contribution is 2.21. The molecule has 0 radical (unpaired) electrons. The van der Waals surface area contributed by atoms with Crippen LogP contribution in [-0.2, 0) is 14.8 Å². The predicted octanol–water partition coefficient (Wildman–Crippen LogP) is 1.04. The minimum Gasteiger partial charge on any atom is -0.480 e. The number of nitrogens with zero attached hydrogens (tertiary/aromatic N) is 1. The first-order valence-electron chi connectivity index (χ1n) is 5.69. The molecule has 1 unspecified atom stereocenters. The molecule has 0 aliphatic carbocycles. The van der Waals surface area contributed by atoms with E-state index in [-0.39, 0.29) is 22.6 Å². The topological polar surface area (TPSA) is 127 Å². The third-order valence-corrected chi connectivity index (χ3v) is 4.29. The van der Waals surface area contributed by atoms with E-state index in [0.717, 1.165) is 18.2 Å². The number of nitro groups is 1. The van der Waals surface area contributed by atoms with Crippen molar-refractivity contribution in [2.75, 3.05) is 0 Å². The van der Waals surface area contributed by atoms with E-state index >= 15 is 0 Å². The fourth-order valence-electron chi connectivity index (χ4n) is 1.61. The molecule has 110 valence electrons. The third-order valence-electron chi connectivity index (χ3n) is 2.66. The fourth-order valence-corrected chi connectivity index (χ4v) is 3.11. The van der Waals surface area contributed by atoms with Gasteiger partial charge in [-0.2, -0.15) is 4.72 Å². The predicted molar refractivity (Wildman–Crippen MR) is 69.9 cm³/mol. The van der Waals surface area contributed by atoms with Crippen molar-refractivity contribution in [2.24, 2.45) is 0 Å². The van der Waals surface area contributed by atoms with Crippen molar-refractivity contribution in [1.29, 1.82) is 0 Å². The van der Waals surface area contributed by atoms with Crippen molar-refractivity contribution in [3.8, 4) is 0 Å². The van der Waals surface area contributed by atoms with E-state index in [4.69, 9.17) is 5.11 Å². The molecule has 1 aromatic rings. The van der Waals surface area contributed by atoms with E-state index in [2.05, 4.69) is 4.72 Å². The first kappa shape index (κ1) is 16.1. The Morgan fingerprint density at radius 1 is 1.50 bits per heavy atom. The van der Waals surface area contributed by atoms with Gasteiger partial charge in [0.2, 0.25) is 10.0 Å². The number of aryl methyl sites for hydroxylation is 1. The van der Waals surface area contributed by atoms with Crippen LogP contribution in [0.3, 0.4) is 0 Å². The van der Waals surface area contributed by atoms with E-state index in [1.807, 2.05) is 0 Å². The Hall–Kier alpha value is -2.00. The highest BCUT2D eigenvalue weighted by molar-refractivity contribution is 7.89. The van der Waals surface area contributed by atoms with E-state index in [1.165, 1.54) is 13.8 Å². The lowest BCUT2D eigenvalue weighted by Crippen LogP contribution is -2.40. The van der Waals surface area contributed by atoms with Gasteiger partial charge in [-0.15, -0.1) is 0 Å². The minimum atomic E-state index is -4.04. The molecule has 1 rings (SSSR count). The van der Waals surface area contributed by atoms with Crippen LogP contribution in [0, 0.1) is 17.0 Å². The molecule has 0 amide bonds. The highest BCUT2D eigenvalue weighted by Gasteiger charge is 2.25. The van der Waals surface area contributed by atoms with Gasteiger partial charge in [0.05, 0.1) is 9.82 Å². The van der Waals surface area contributed by atoms with Gasteiger partial charge in [-0.3, -0.25) is 14.9 Å². The van der Waals surface area contributed by atoms with E-state index in [0.29, 0.717) is 0 Å². The van der Waals surface area contributed by atoms with Crippen LogP contribution in [0.1, 0.15) is 18.9 Å². The number of benzene rings is 1. The molecule has 2 N–H and O–H groups in total. The van der Waals surface area contributed by atoms with Crippen molar-refractivity contribution < 1.29 is 23.2 Å². The summed E-state index contributed by atoms with van der Waals surface area (Å²) in [5.74, 6) is -1.28. The molecule has 0 saturated heterocycles. The second-order valence-electron chi connectivity index (χ2n) is 4.13. The van der Waals surface area contributed by atoms with Crippen LogP contribution >= 0.6 is 0 Å². The maximum atomic E-state index is 12.1. The molecule has 0 bridgehead atoms. The maximum absolute atomic E-state index is 12.1. The van der Waals surface area contributed by atoms with Crippen LogP contribution in [0.5, 0.6) is 0 Å². The van der Waals surface area contributed by atoms with E-state index in [1.54, 1.807) is 0 Å². The van der Waals surface area contributed by atoms with Crippen LogP contribution in [0.25, 0.3) is 0 Å². The summed E-state index contributed by atoms with van der Waals surface area (Å²) in [5, 5.41) is 19.4. The summed E-state index contributed by atoms with van der Waals surface area (Å²) in [7, 11) is -4.04.